The SMILES string of the molecule is C[C@H](N(Cc1ccc2c(c1)nc(NC(=O)c1ccc(Cl)cc1)n2CC1CCCN1C(=O)C(C#N)=CC(C)(C)N(C)C(=O)OC(C)(C)C)C(=O)OCc1ccccc1)C(C)(C)C. The Morgan fingerprint density at radius 2 is 1.64 bits per heavy atom. The van der Waals surface area contributed by atoms with E-state index in [0.29, 0.717) is 41.0 Å². The lowest BCUT2D eigenvalue weighted by Crippen LogP contribution is -2.47. The Kier molecular flexibility index (Phi) is 14.2. The van der Waals surface area contributed by atoms with Crippen LogP contribution in [0.2, 0.25) is 5.02 Å². The highest BCUT2D eigenvalue weighted by Crippen LogP contribution is 2.31. The number of anilines is 1. The number of aromatic nitrogens is 2. The zero-order chi connectivity index (χ0) is 44.9. The molecule has 0 bridgehead atoms. The molecule has 3 aromatic carbocycles. The van der Waals surface area contributed by atoms with Crippen molar-refractivity contribution in [1.29, 1.82) is 5.26 Å². The Morgan fingerprint density at radius 3 is 2.26 bits per heavy atom. The molecule has 61 heavy (non-hydrogen) atoms. The number of halogens is 1. The van der Waals surface area contributed by atoms with Gasteiger partial charge in [-0.25, -0.2) is 14.6 Å². The van der Waals surface area contributed by atoms with Gasteiger partial charge in [0.2, 0.25) is 5.95 Å². The third-order valence-electron chi connectivity index (χ3n) is 11.1. The van der Waals surface area contributed by atoms with Gasteiger partial charge in [0.15, 0.2) is 0 Å². The second-order valence-electron chi connectivity index (χ2n) is 18.2. The fourth-order valence-electron chi connectivity index (χ4n) is 6.97. The first-order chi connectivity index (χ1) is 28.6. The van der Waals surface area contributed by atoms with Gasteiger partial charge in [-0.15, -0.1) is 0 Å². The predicted octanol–water partition coefficient (Wildman–Crippen LogP) is 9.60. The number of carbonyl (C=O) groups excluding carboxylic acids is 4. The van der Waals surface area contributed by atoms with Crippen LogP contribution in [0.15, 0.2) is 84.4 Å². The topological polar surface area (TPSA) is 150 Å². The third-order valence-corrected chi connectivity index (χ3v) is 11.3. The number of nitriles is 1. The van der Waals surface area contributed by atoms with Crippen molar-refractivity contribution in [3.05, 3.63) is 106 Å². The molecule has 1 N–H and O–H groups in total. The zero-order valence-electron chi connectivity index (χ0n) is 36.9. The number of rotatable bonds is 12. The molecule has 1 aliphatic heterocycles. The summed E-state index contributed by atoms with van der Waals surface area (Å²) in [5.41, 5.74) is 1.23. The summed E-state index contributed by atoms with van der Waals surface area (Å²) in [5.74, 6) is -0.587. The number of likely N-dealkylation sites (N-methyl/N-ethyl adjacent to an activating group) is 1. The Bertz CT molecular complexity index is 2300. The summed E-state index contributed by atoms with van der Waals surface area (Å²) in [4.78, 5) is 64.1. The summed E-state index contributed by atoms with van der Waals surface area (Å²) in [7, 11) is 1.57. The number of ether oxygens (including phenoxy) is 2. The Balaban J connectivity index is 1.47. The number of nitrogens with zero attached hydrogens (tertiary/aromatic N) is 6. The summed E-state index contributed by atoms with van der Waals surface area (Å²) in [5, 5.41) is 13.7. The van der Waals surface area contributed by atoms with E-state index in [9.17, 15) is 24.4 Å². The molecule has 324 valence electrons. The third kappa shape index (κ3) is 11.7. The van der Waals surface area contributed by atoms with Gasteiger partial charge in [-0.05, 0) is 113 Å². The largest absolute Gasteiger partial charge is 0.445 e. The average Bonchev–Trinajstić information content (AvgIpc) is 3.80. The van der Waals surface area contributed by atoms with Crippen LogP contribution in [0.25, 0.3) is 11.0 Å². The van der Waals surface area contributed by atoms with E-state index in [2.05, 4.69) is 32.2 Å². The van der Waals surface area contributed by atoms with Crippen molar-refractivity contribution < 1.29 is 28.7 Å². The van der Waals surface area contributed by atoms with Crippen LogP contribution in [0.1, 0.15) is 96.6 Å². The minimum absolute atomic E-state index is 0.0972. The van der Waals surface area contributed by atoms with E-state index >= 15 is 0 Å². The van der Waals surface area contributed by atoms with Crippen molar-refractivity contribution in [3.8, 4) is 6.07 Å². The highest BCUT2D eigenvalue weighted by Gasteiger charge is 2.36. The monoisotopic (exact) mass is 851 g/mol. The number of hydrogen-bond acceptors (Lipinski definition) is 8. The smallest absolute Gasteiger partial charge is 0.410 e. The summed E-state index contributed by atoms with van der Waals surface area (Å²) >= 11 is 6.11. The number of hydrogen-bond donors (Lipinski definition) is 1. The van der Waals surface area contributed by atoms with Crippen LogP contribution in [0.3, 0.4) is 0 Å². The molecule has 13 nitrogen and oxygen atoms in total. The van der Waals surface area contributed by atoms with Gasteiger partial charge in [0, 0.05) is 43.3 Å². The maximum Gasteiger partial charge on any atom is 0.410 e. The molecule has 0 saturated carbocycles. The molecule has 2 heterocycles. The van der Waals surface area contributed by atoms with E-state index < -0.39 is 35.1 Å². The van der Waals surface area contributed by atoms with Crippen molar-refractivity contribution in [2.45, 2.75) is 118 Å². The maximum absolute atomic E-state index is 14.2. The molecule has 1 unspecified atom stereocenters. The van der Waals surface area contributed by atoms with Crippen LogP contribution in [-0.2, 0) is 34.0 Å². The molecule has 1 aromatic heterocycles. The summed E-state index contributed by atoms with van der Waals surface area (Å²) in [6, 6.07) is 23.3. The minimum atomic E-state index is -1.03. The first kappa shape index (κ1) is 46.2. The van der Waals surface area contributed by atoms with E-state index in [1.807, 2.05) is 60.0 Å². The molecule has 0 radical (unpaired) electrons. The van der Waals surface area contributed by atoms with Crippen LogP contribution < -0.4 is 5.32 Å². The van der Waals surface area contributed by atoms with Crippen molar-refractivity contribution >= 4 is 52.6 Å². The lowest BCUT2D eigenvalue weighted by atomic mass is 9.87. The lowest BCUT2D eigenvalue weighted by Gasteiger charge is -2.37. The number of nitrogens with one attached hydrogen (secondary N) is 1. The molecular weight excluding hydrogens is 794 g/mol. The Morgan fingerprint density at radius 1 is 0.967 bits per heavy atom. The van der Waals surface area contributed by atoms with Gasteiger partial charge in [0.05, 0.1) is 22.6 Å². The van der Waals surface area contributed by atoms with E-state index in [1.165, 1.54) is 11.0 Å². The van der Waals surface area contributed by atoms with E-state index in [4.69, 9.17) is 26.1 Å². The fourth-order valence-corrected chi connectivity index (χ4v) is 7.10. The van der Waals surface area contributed by atoms with E-state index in [0.717, 1.165) is 11.1 Å². The van der Waals surface area contributed by atoms with Gasteiger partial charge >= 0.3 is 12.2 Å². The van der Waals surface area contributed by atoms with Gasteiger partial charge in [0.25, 0.3) is 11.8 Å². The maximum atomic E-state index is 14.2. The molecule has 1 aliphatic rings. The number of carbonyl (C=O) groups is 4. The highest BCUT2D eigenvalue weighted by molar-refractivity contribution is 6.30. The highest BCUT2D eigenvalue weighted by atomic mass is 35.5. The van der Waals surface area contributed by atoms with Gasteiger partial charge in [-0.3, -0.25) is 14.9 Å². The van der Waals surface area contributed by atoms with Crippen LogP contribution in [0.4, 0.5) is 15.5 Å². The lowest BCUT2D eigenvalue weighted by molar-refractivity contribution is -0.127. The number of imidazole rings is 1. The summed E-state index contributed by atoms with van der Waals surface area (Å²) in [6.45, 7) is 18.1. The first-order valence-corrected chi connectivity index (χ1v) is 20.9. The van der Waals surface area contributed by atoms with Crippen LogP contribution in [0.5, 0.6) is 0 Å². The number of likely N-dealkylation sites (tertiary alicyclic amines) is 1. The molecule has 2 atom stereocenters. The minimum Gasteiger partial charge on any atom is -0.445 e. The average molecular weight is 852 g/mol. The first-order valence-electron chi connectivity index (χ1n) is 20.5. The van der Waals surface area contributed by atoms with Crippen molar-refractivity contribution in [1.82, 2.24) is 24.3 Å². The van der Waals surface area contributed by atoms with Crippen molar-refractivity contribution in [2.75, 3.05) is 18.9 Å². The predicted molar refractivity (Wildman–Crippen MR) is 237 cm³/mol. The van der Waals surface area contributed by atoms with E-state index in [1.54, 1.807) is 75.7 Å². The number of fused-ring (bicyclic) bond motifs is 1. The summed E-state index contributed by atoms with van der Waals surface area (Å²) < 4.78 is 13.2. The van der Waals surface area contributed by atoms with E-state index in [-0.39, 0.29) is 48.7 Å². The normalized spacial score (nSPS) is 15.2. The molecule has 1 fully saturated rings. The molecule has 14 heteroatoms. The molecular formula is C47H58ClN7O6. The van der Waals surface area contributed by atoms with Gasteiger partial charge < -0.3 is 28.7 Å². The summed E-state index contributed by atoms with van der Waals surface area (Å²) in [6.07, 6.45) is 1.81. The van der Waals surface area contributed by atoms with Gasteiger partial charge in [0.1, 0.15) is 23.9 Å². The molecule has 4 aromatic rings. The molecule has 1 saturated heterocycles. The fraction of sp³-hybridized carbons (Fsp3) is 0.447. The zero-order valence-corrected chi connectivity index (χ0v) is 37.7. The molecule has 4 amide bonds. The van der Waals surface area contributed by atoms with Gasteiger partial charge in [-0.2, -0.15) is 5.26 Å². The standard InChI is InChI=1S/C47H58ClN7O6/c1-31(45(2,3)4)54(44(59)60-30-32-15-12-11-13-16-32)28-33-18-23-39-38(25-33)50-42(51-40(56)34-19-21-36(48)22-20-34)55(39)29-37-17-14-24-53(37)41(57)35(27-49)26-47(8,9)52(10)43(58)61-46(5,6)7/h11-13,15-16,18-23,25-26,31,37H,14,17,24,28-30H2,1-10H3,(H,50,51,56)/t31-,37?/m0/s1. The molecule has 0 spiro atoms. The molecule has 0 aliphatic carbocycles. The van der Waals surface area contributed by atoms with Gasteiger partial charge in [-0.1, -0.05) is 68.8 Å². The quantitative estimate of drug-likeness (QED) is 0.109. The Labute approximate surface area is 364 Å². The number of amides is 4. The van der Waals surface area contributed by atoms with Crippen LogP contribution in [-0.4, -0.2) is 85.1 Å². The second kappa shape index (κ2) is 18.8. The van der Waals surface area contributed by atoms with Crippen LogP contribution >= 0.6 is 11.6 Å². The Hall–Kier alpha value is -5.87. The number of benzene rings is 3. The second-order valence-corrected chi connectivity index (χ2v) is 18.6. The van der Waals surface area contributed by atoms with Crippen molar-refractivity contribution in [2.24, 2.45) is 5.41 Å². The van der Waals surface area contributed by atoms with Crippen LogP contribution in [0, 0.1) is 16.7 Å². The van der Waals surface area contributed by atoms with Crippen molar-refractivity contribution in [3.63, 3.8) is 0 Å². The molecule has 5 rings (SSSR count).